The number of benzene rings is 1. The third-order valence-electron chi connectivity index (χ3n) is 3.58. The number of nitrogens with zero attached hydrogens (tertiary/aromatic N) is 1. The molecule has 1 aliphatic carbocycles. The van der Waals surface area contributed by atoms with Gasteiger partial charge < -0.3 is 9.47 Å². The summed E-state index contributed by atoms with van der Waals surface area (Å²) in [5.74, 6) is 1.44. The van der Waals surface area contributed by atoms with Crippen LogP contribution >= 0.6 is 11.6 Å². The highest BCUT2D eigenvalue weighted by Gasteiger charge is 2.28. The lowest BCUT2D eigenvalue weighted by molar-refractivity contribution is -0.631. The molecule has 4 heteroatoms. The highest BCUT2D eigenvalue weighted by atomic mass is 35.5. The molecule has 19 heavy (non-hydrogen) atoms. The van der Waals surface area contributed by atoms with E-state index in [1.165, 1.54) is 0 Å². The van der Waals surface area contributed by atoms with E-state index in [0.717, 1.165) is 27.9 Å². The second-order valence-electron chi connectivity index (χ2n) is 4.61. The van der Waals surface area contributed by atoms with Crippen molar-refractivity contribution in [3.63, 3.8) is 0 Å². The zero-order valence-corrected chi connectivity index (χ0v) is 11.1. The molecule has 1 aromatic rings. The van der Waals surface area contributed by atoms with Gasteiger partial charge in [0.25, 0.3) is 0 Å². The number of fused-ring (bicyclic) bond motifs is 4. The smallest absolute Gasteiger partial charge is 0.232 e. The van der Waals surface area contributed by atoms with Crippen LogP contribution in [-0.2, 0) is 7.05 Å². The van der Waals surface area contributed by atoms with Crippen molar-refractivity contribution in [1.82, 2.24) is 0 Å². The van der Waals surface area contributed by atoms with Gasteiger partial charge in [-0.1, -0.05) is 23.7 Å². The molecule has 0 aromatic heterocycles. The molecule has 94 valence electrons. The largest absolute Gasteiger partial charge is 0.454 e. The number of hydrogen-bond donors (Lipinski definition) is 0. The molecule has 0 radical (unpaired) electrons. The molecule has 0 N–H and O–H groups in total. The van der Waals surface area contributed by atoms with Crippen LogP contribution in [0.25, 0.3) is 22.2 Å². The summed E-state index contributed by atoms with van der Waals surface area (Å²) in [6, 6.07) is 12.1. The lowest BCUT2D eigenvalue weighted by atomic mass is 10.1. The summed E-state index contributed by atoms with van der Waals surface area (Å²) < 4.78 is 13.0. The van der Waals surface area contributed by atoms with Gasteiger partial charge in [0.15, 0.2) is 11.5 Å². The zero-order valence-electron chi connectivity index (χ0n) is 10.3. The normalized spacial score (nSPS) is 13.4. The molecule has 0 saturated carbocycles. The Kier molecular flexibility index (Phi) is 2.15. The van der Waals surface area contributed by atoms with E-state index in [-0.39, 0.29) is 6.79 Å². The molecule has 1 aromatic carbocycles. The molecule has 3 aliphatic rings. The van der Waals surface area contributed by atoms with Gasteiger partial charge in [-0.15, -0.1) is 0 Å². The van der Waals surface area contributed by atoms with Crippen LogP contribution in [0.1, 0.15) is 0 Å². The molecule has 0 bridgehead atoms. The summed E-state index contributed by atoms with van der Waals surface area (Å²) in [6.07, 6.45) is 0. The van der Waals surface area contributed by atoms with Crippen molar-refractivity contribution in [1.29, 1.82) is 0 Å². The monoisotopic (exact) mass is 272 g/mol. The number of hydrogen-bond acceptors (Lipinski definition) is 2. The van der Waals surface area contributed by atoms with Crippen LogP contribution in [0.15, 0.2) is 36.4 Å². The van der Waals surface area contributed by atoms with E-state index in [1.54, 1.807) is 0 Å². The van der Waals surface area contributed by atoms with Crippen molar-refractivity contribution >= 4 is 22.5 Å². The Hall–Kier alpha value is -2.00. The van der Waals surface area contributed by atoms with Gasteiger partial charge in [0.05, 0.1) is 10.9 Å². The van der Waals surface area contributed by atoms with E-state index in [2.05, 4.69) is 16.7 Å². The molecule has 0 saturated heterocycles. The van der Waals surface area contributed by atoms with Crippen LogP contribution in [0.3, 0.4) is 0 Å². The maximum atomic E-state index is 6.45. The predicted molar refractivity (Wildman–Crippen MR) is 72.9 cm³/mol. The Morgan fingerprint density at radius 1 is 1.11 bits per heavy atom. The van der Waals surface area contributed by atoms with Crippen LogP contribution in [0.2, 0.25) is 5.02 Å². The van der Waals surface area contributed by atoms with Gasteiger partial charge in [0.1, 0.15) is 12.1 Å². The number of aromatic nitrogens is 1. The molecular weight excluding hydrogens is 262 g/mol. The van der Waals surface area contributed by atoms with E-state index >= 15 is 0 Å². The van der Waals surface area contributed by atoms with Gasteiger partial charge in [-0.3, -0.25) is 0 Å². The van der Waals surface area contributed by atoms with Gasteiger partial charge in [-0.2, -0.15) is 4.57 Å². The Labute approximate surface area is 115 Å². The van der Waals surface area contributed by atoms with Crippen molar-refractivity contribution in [3.05, 3.63) is 41.4 Å². The molecule has 2 heterocycles. The number of halogens is 1. The van der Waals surface area contributed by atoms with Crippen molar-refractivity contribution < 1.29 is 14.0 Å². The summed E-state index contributed by atoms with van der Waals surface area (Å²) in [5, 5.41) is 1.83. The van der Waals surface area contributed by atoms with E-state index < -0.39 is 0 Å². The van der Waals surface area contributed by atoms with Crippen LogP contribution in [-0.4, -0.2) is 6.79 Å². The molecule has 0 unspecified atom stereocenters. The first kappa shape index (κ1) is 10.9. The minimum atomic E-state index is 0.252. The number of rotatable bonds is 0. The van der Waals surface area contributed by atoms with E-state index in [1.807, 2.05) is 31.3 Å². The minimum Gasteiger partial charge on any atom is -0.454 e. The molecule has 3 nitrogen and oxygen atoms in total. The molecule has 2 aliphatic heterocycles. The highest BCUT2D eigenvalue weighted by molar-refractivity contribution is 6.33. The second kappa shape index (κ2) is 3.75. The third-order valence-corrected chi connectivity index (χ3v) is 3.87. The first-order chi connectivity index (χ1) is 9.25. The lowest BCUT2D eigenvalue weighted by Crippen LogP contribution is -2.28. The maximum absolute atomic E-state index is 6.45. The predicted octanol–water partition coefficient (Wildman–Crippen LogP) is 3.15. The highest BCUT2D eigenvalue weighted by Crippen LogP contribution is 2.41. The van der Waals surface area contributed by atoms with Crippen molar-refractivity contribution in [3.8, 4) is 22.8 Å². The maximum Gasteiger partial charge on any atom is 0.232 e. The summed E-state index contributed by atoms with van der Waals surface area (Å²) >= 11 is 6.45. The van der Waals surface area contributed by atoms with Gasteiger partial charge >= 0.3 is 0 Å². The van der Waals surface area contributed by atoms with Crippen LogP contribution < -0.4 is 14.0 Å². The fourth-order valence-electron chi connectivity index (χ4n) is 2.70. The Bertz CT molecular complexity index is 785. The standard InChI is InChI=1S/C15H11ClNO2/c1-17-12-5-3-2-4-9(12)10-6-13-14(19-8-18-13)7-11(16)15(10)17/h2-7H,8H2,1H3/q+1. The Morgan fingerprint density at radius 2 is 1.84 bits per heavy atom. The fourth-order valence-corrected chi connectivity index (χ4v) is 3.02. The van der Waals surface area contributed by atoms with Crippen molar-refractivity contribution in [2.75, 3.05) is 6.79 Å². The van der Waals surface area contributed by atoms with E-state index in [9.17, 15) is 0 Å². The average molecular weight is 273 g/mol. The Morgan fingerprint density at radius 3 is 2.68 bits per heavy atom. The summed E-state index contributed by atoms with van der Waals surface area (Å²) in [7, 11) is 2.02. The summed E-state index contributed by atoms with van der Waals surface area (Å²) in [5.41, 5.74) is 3.22. The minimum absolute atomic E-state index is 0.252. The van der Waals surface area contributed by atoms with Gasteiger partial charge in [-0.05, 0) is 12.1 Å². The van der Waals surface area contributed by atoms with E-state index in [0.29, 0.717) is 10.8 Å². The van der Waals surface area contributed by atoms with Crippen LogP contribution in [0, 0.1) is 0 Å². The molecular formula is C15H11ClNO2+. The van der Waals surface area contributed by atoms with Crippen LogP contribution in [0.4, 0.5) is 0 Å². The van der Waals surface area contributed by atoms with Crippen molar-refractivity contribution in [2.24, 2.45) is 7.05 Å². The zero-order chi connectivity index (χ0) is 13.0. The van der Waals surface area contributed by atoms with Crippen molar-refractivity contribution in [2.45, 2.75) is 0 Å². The molecule has 0 spiro atoms. The van der Waals surface area contributed by atoms with Gasteiger partial charge in [0, 0.05) is 12.1 Å². The average Bonchev–Trinajstić information content (AvgIpc) is 2.91. The first-order valence-corrected chi connectivity index (χ1v) is 6.43. The number of ether oxygens (including phenoxy) is 2. The SMILES string of the molecule is C[n+]1c2c(Cl)cc3c(cc-2c2ccccc21)OCO3. The number of para-hydroxylation sites is 1. The third kappa shape index (κ3) is 1.42. The molecule has 0 fully saturated rings. The quantitative estimate of drug-likeness (QED) is 0.587. The topological polar surface area (TPSA) is 22.3 Å². The fraction of sp³-hybridized carbons (Fsp3) is 0.133. The molecule has 0 amide bonds. The number of aryl methyl sites for hydroxylation is 1. The van der Waals surface area contributed by atoms with Crippen LogP contribution in [0.5, 0.6) is 11.5 Å². The van der Waals surface area contributed by atoms with Gasteiger partial charge in [0.2, 0.25) is 18.0 Å². The second-order valence-corrected chi connectivity index (χ2v) is 5.02. The Balaban J connectivity index is 2.22. The lowest BCUT2D eigenvalue weighted by Gasteiger charge is -1.93. The molecule has 0 atom stereocenters. The van der Waals surface area contributed by atoms with E-state index in [4.69, 9.17) is 21.1 Å². The summed E-state index contributed by atoms with van der Waals surface area (Å²) in [6.45, 7) is 0.252. The van der Waals surface area contributed by atoms with Gasteiger partial charge in [-0.25, -0.2) is 0 Å². The summed E-state index contributed by atoms with van der Waals surface area (Å²) in [4.78, 5) is 0. The first-order valence-electron chi connectivity index (χ1n) is 6.05. The molecule has 4 rings (SSSR count).